The van der Waals surface area contributed by atoms with Gasteiger partial charge in [-0.2, -0.15) is 0 Å². The monoisotopic (exact) mass is 264 g/mol. The molecule has 0 saturated heterocycles. The van der Waals surface area contributed by atoms with Gasteiger partial charge in [-0.05, 0) is 18.6 Å². The Morgan fingerprint density at radius 2 is 2.26 bits per heavy atom. The Morgan fingerprint density at radius 3 is 3.00 bits per heavy atom. The summed E-state index contributed by atoms with van der Waals surface area (Å²) >= 11 is 0. The van der Waals surface area contributed by atoms with E-state index in [-0.39, 0.29) is 5.97 Å². The second-order valence-corrected chi connectivity index (χ2v) is 4.30. The first-order valence-electron chi connectivity index (χ1n) is 6.01. The van der Waals surface area contributed by atoms with Gasteiger partial charge in [-0.3, -0.25) is 9.78 Å². The summed E-state index contributed by atoms with van der Waals surface area (Å²) in [7, 11) is 3.30. The Morgan fingerprint density at radius 1 is 1.47 bits per heavy atom. The molecule has 0 amide bonds. The molecule has 0 radical (unpaired) electrons. The number of oxazole rings is 1. The summed E-state index contributed by atoms with van der Waals surface area (Å²) in [6.45, 7) is 0.718. The molecule has 19 heavy (non-hydrogen) atoms. The van der Waals surface area contributed by atoms with Crippen molar-refractivity contribution in [1.29, 1.82) is 0 Å². The van der Waals surface area contributed by atoms with Crippen LogP contribution in [-0.2, 0) is 9.53 Å². The van der Waals surface area contributed by atoms with Gasteiger partial charge in [-0.25, -0.2) is 4.79 Å². The van der Waals surface area contributed by atoms with Gasteiger partial charge in [-0.15, -0.1) is 0 Å². The molecule has 0 atom stereocenters. The molecule has 1 aromatic carbocycles. The van der Waals surface area contributed by atoms with Crippen LogP contribution < -0.4 is 10.7 Å². The van der Waals surface area contributed by atoms with Gasteiger partial charge >= 0.3 is 11.7 Å². The fourth-order valence-electron chi connectivity index (χ4n) is 1.86. The van der Waals surface area contributed by atoms with E-state index in [1.807, 2.05) is 18.0 Å². The van der Waals surface area contributed by atoms with Crippen LogP contribution in [0.4, 0.5) is 5.69 Å². The van der Waals surface area contributed by atoms with Gasteiger partial charge in [0.2, 0.25) is 0 Å². The van der Waals surface area contributed by atoms with E-state index in [1.54, 1.807) is 12.1 Å². The van der Waals surface area contributed by atoms with Crippen molar-refractivity contribution in [3.05, 3.63) is 28.7 Å². The standard InChI is InChI=1S/C13H16N2O4/c1-15(7-3-4-12(16)18-2)9-5-6-10-11(8-9)19-13(17)14-10/h5-6,8H,3-4,7H2,1-2H3,(H,14,17). The Kier molecular flexibility index (Phi) is 3.89. The van der Waals surface area contributed by atoms with Gasteiger partial charge in [0.05, 0.1) is 12.6 Å². The van der Waals surface area contributed by atoms with Gasteiger partial charge < -0.3 is 14.1 Å². The number of H-pyrrole nitrogens is 1. The molecule has 1 heterocycles. The molecule has 102 valence electrons. The highest BCUT2D eigenvalue weighted by molar-refractivity contribution is 5.77. The lowest BCUT2D eigenvalue weighted by atomic mass is 10.2. The van der Waals surface area contributed by atoms with Crippen molar-refractivity contribution in [2.45, 2.75) is 12.8 Å². The molecular formula is C13H16N2O4. The average molecular weight is 264 g/mol. The third-order valence-electron chi connectivity index (χ3n) is 2.95. The summed E-state index contributed by atoms with van der Waals surface area (Å²) in [6, 6.07) is 5.49. The summed E-state index contributed by atoms with van der Waals surface area (Å²) in [5, 5.41) is 0. The number of fused-ring (bicyclic) bond motifs is 1. The van der Waals surface area contributed by atoms with Crippen molar-refractivity contribution < 1.29 is 13.9 Å². The van der Waals surface area contributed by atoms with Crippen LogP contribution in [0.15, 0.2) is 27.4 Å². The van der Waals surface area contributed by atoms with Crippen LogP contribution in [0.25, 0.3) is 11.1 Å². The molecule has 0 unspecified atom stereocenters. The Hall–Kier alpha value is -2.24. The molecule has 6 nitrogen and oxygen atoms in total. The maximum atomic E-state index is 11.1. The van der Waals surface area contributed by atoms with Crippen molar-refractivity contribution in [3.8, 4) is 0 Å². The molecular weight excluding hydrogens is 248 g/mol. The number of aromatic nitrogens is 1. The third kappa shape index (κ3) is 3.15. The van der Waals surface area contributed by atoms with Crippen molar-refractivity contribution in [1.82, 2.24) is 4.98 Å². The minimum atomic E-state index is -0.458. The highest BCUT2D eigenvalue weighted by Crippen LogP contribution is 2.19. The molecule has 0 aliphatic rings. The number of benzene rings is 1. The summed E-state index contributed by atoms with van der Waals surface area (Å²) in [5.74, 6) is -0.666. The first kappa shape index (κ1) is 13.2. The van der Waals surface area contributed by atoms with E-state index in [0.717, 1.165) is 12.2 Å². The lowest BCUT2D eigenvalue weighted by Crippen LogP contribution is -2.19. The van der Waals surface area contributed by atoms with Crippen molar-refractivity contribution >= 4 is 22.8 Å². The maximum absolute atomic E-state index is 11.1. The van der Waals surface area contributed by atoms with Gasteiger partial charge in [0, 0.05) is 31.8 Å². The number of carbonyl (C=O) groups is 1. The summed E-state index contributed by atoms with van der Waals surface area (Å²) < 4.78 is 9.59. The molecule has 1 N–H and O–H groups in total. The zero-order chi connectivity index (χ0) is 13.8. The van der Waals surface area contributed by atoms with E-state index in [2.05, 4.69) is 9.72 Å². The predicted octanol–water partition coefficient (Wildman–Crippen LogP) is 1.51. The quantitative estimate of drug-likeness (QED) is 0.828. The van der Waals surface area contributed by atoms with E-state index in [1.165, 1.54) is 7.11 Å². The first-order valence-corrected chi connectivity index (χ1v) is 6.01. The zero-order valence-corrected chi connectivity index (χ0v) is 10.9. The van der Waals surface area contributed by atoms with E-state index >= 15 is 0 Å². The number of nitrogens with one attached hydrogen (secondary N) is 1. The number of rotatable bonds is 5. The number of nitrogens with zero attached hydrogens (tertiary/aromatic N) is 1. The first-order chi connectivity index (χ1) is 9.10. The lowest BCUT2D eigenvalue weighted by Gasteiger charge is -2.18. The number of methoxy groups -OCH3 is 1. The Labute approximate surface area is 110 Å². The van der Waals surface area contributed by atoms with Crippen molar-refractivity contribution in [3.63, 3.8) is 0 Å². The van der Waals surface area contributed by atoms with Crippen molar-refractivity contribution in [2.24, 2.45) is 0 Å². The van der Waals surface area contributed by atoms with E-state index in [0.29, 0.717) is 23.9 Å². The molecule has 0 bridgehead atoms. The van der Waals surface area contributed by atoms with Crippen molar-refractivity contribution in [2.75, 3.05) is 25.6 Å². The van der Waals surface area contributed by atoms with Gasteiger partial charge in [0.15, 0.2) is 5.58 Å². The second-order valence-electron chi connectivity index (χ2n) is 4.30. The number of carbonyl (C=O) groups excluding carboxylic acids is 1. The molecule has 0 spiro atoms. The minimum Gasteiger partial charge on any atom is -0.469 e. The number of aromatic amines is 1. The summed E-state index contributed by atoms with van der Waals surface area (Å²) in [6.07, 6.45) is 1.10. The number of anilines is 1. The molecule has 2 rings (SSSR count). The van der Waals surface area contributed by atoms with Gasteiger partial charge in [0.1, 0.15) is 0 Å². The number of hydrogen-bond donors (Lipinski definition) is 1. The van der Waals surface area contributed by atoms with Crippen LogP contribution in [0.5, 0.6) is 0 Å². The molecule has 0 fully saturated rings. The Balaban J connectivity index is 2.02. The molecule has 0 aliphatic heterocycles. The van der Waals surface area contributed by atoms with Crippen LogP contribution in [0.1, 0.15) is 12.8 Å². The highest BCUT2D eigenvalue weighted by Gasteiger charge is 2.07. The normalized spacial score (nSPS) is 10.6. The predicted molar refractivity (Wildman–Crippen MR) is 71.4 cm³/mol. The van der Waals surface area contributed by atoms with E-state index in [4.69, 9.17) is 4.42 Å². The maximum Gasteiger partial charge on any atom is 0.417 e. The molecule has 0 saturated carbocycles. The molecule has 0 aliphatic carbocycles. The van der Waals surface area contributed by atoms with Crippen LogP contribution >= 0.6 is 0 Å². The zero-order valence-electron chi connectivity index (χ0n) is 10.9. The van der Waals surface area contributed by atoms with Gasteiger partial charge in [-0.1, -0.05) is 0 Å². The van der Waals surface area contributed by atoms with Gasteiger partial charge in [0.25, 0.3) is 0 Å². The largest absolute Gasteiger partial charge is 0.469 e. The minimum absolute atomic E-state index is 0.208. The van der Waals surface area contributed by atoms with Crippen LogP contribution in [0.3, 0.4) is 0 Å². The third-order valence-corrected chi connectivity index (χ3v) is 2.95. The Bertz CT molecular complexity index is 629. The fraction of sp³-hybridized carbons (Fsp3) is 0.385. The van der Waals surface area contributed by atoms with Crippen LogP contribution in [0.2, 0.25) is 0 Å². The highest BCUT2D eigenvalue weighted by atomic mass is 16.5. The number of esters is 1. The van der Waals surface area contributed by atoms with Crippen LogP contribution in [0, 0.1) is 0 Å². The van der Waals surface area contributed by atoms with E-state index < -0.39 is 5.76 Å². The average Bonchev–Trinajstić information content (AvgIpc) is 2.77. The summed E-state index contributed by atoms with van der Waals surface area (Å²) in [5.41, 5.74) is 2.14. The molecule has 2 aromatic rings. The topological polar surface area (TPSA) is 75.5 Å². The van der Waals surface area contributed by atoms with E-state index in [9.17, 15) is 9.59 Å². The summed E-state index contributed by atoms with van der Waals surface area (Å²) in [4.78, 5) is 26.7. The van der Waals surface area contributed by atoms with Crippen LogP contribution in [-0.4, -0.2) is 31.7 Å². The lowest BCUT2D eigenvalue weighted by molar-refractivity contribution is -0.140. The smallest absolute Gasteiger partial charge is 0.417 e. The fourth-order valence-corrected chi connectivity index (χ4v) is 1.86. The molecule has 1 aromatic heterocycles. The number of hydrogen-bond acceptors (Lipinski definition) is 5. The molecule has 6 heteroatoms. The number of ether oxygens (including phenoxy) is 1. The second kappa shape index (κ2) is 5.60. The SMILES string of the molecule is COC(=O)CCCN(C)c1ccc2[nH]c(=O)oc2c1.